The van der Waals surface area contributed by atoms with Crippen LogP contribution in [0.1, 0.15) is 19.8 Å². The minimum atomic E-state index is 0. The second-order valence-electron chi connectivity index (χ2n) is 6.35. The number of amides is 1. The molecule has 0 radical (unpaired) electrons. The number of thioether (sulfide) groups is 1. The number of para-hydroxylation sites is 1. The van der Waals surface area contributed by atoms with Crippen molar-refractivity contribution in [2.45, 2.75) is 30.7 Å². The Hall–Kier alpha value is -0.750. The molecular formula is C17H26ClN3OS. The molecule has 3 rings (SSSR count). The Balaban J connectivity index is 0.00000192. The molecule has 2 aliphatic heterocycles. The molecule has 0 aliphatic carbocycles. The molecule has 1 aromatic carbocycles. The highest BCUT2D eigenvalue weighted by Crippen LogP contribution is 2.34. The fourth-order valence-electron chi connectivity index (χ4n) is 3.44. The van der Waals surface area contributed by atoms with E-state index in [1.807, 2.05) is 28.8 Å². The zero-order valence-electron chi connectivity index (χ0n) is 13.6. The number of carbonyl (C=O) groups is 1. The lowest BCUT2D eigenvalue weighted by atomic mass is 9.92. The highest BCUT2D eigenvalue weighted by molar-refractivity contribution is 7.99. The van der Waals surface area contributed by atoms with E-state index in [9.17, 15) is 4.79 Å². The van der Waals surface area contributed by atoms with Crippen LogP contribution in [0.25, 0.3) is 0 Å². The van der Waals surface area contributed by atoms with Crippen molar-refractivity contribution in [2.24, 2.45) is 11.7 Å². The molecule has 2 unspecified atom stereocenters. The maximum Gasteiger partial charge on any atom is 0.241 e. The van der Waals surface area contributed by atoms with Crippen molar-refractivity contribution in [1.82, 2.24) is 4.90 Å². The van der Waals surface area contributed by atoms with Gasteiger partial charge in [-0.3, -0.25) is 9.69 Å². The standard InChI is InChI=1S/C17H25N3OS.ClH/c1-13-6-7-19(14(10-13)11-18)12-17(21)20-8-9-22-16-5-3-2-4-15(16)20;/h2-5,13-14H,6-12,18H2,1H3;1H. The van der Waals surface area contributed by atoms with Crippen LogP contribution in [-0.2, 0) is 4.79 Å². The molecule has 4 nitrogen and oxygen atoms in total. The molecule has 23 heavy (non-hydrogen) atoms. The number of halogens is 1. The molecule has 0 bridgehead atoms. The first-order chi connectivity index (χ1) is 10.7. The average molecular weight is 356 g/mol. The van der Waals surface area contributed by atoms with Gasteiger partial charge in [-0.05, 0) is 37.4 Å². The summed E-state index contributed by atoms with van der Waals surface area (Å²) < 4.78 is 0. The molecular weight excluding hydrogens is 330 g/mol. The van der Waals surface area contributed by atoms with Crippen molar-refractivity contribution >= 4 is 35.8 Å². The van der Waals surface area contributed by atoms with Gasteiger partial charge in [-0.15, -0.1) is 24.2 Å². The smallest absolute Gasteiger partial charge is 0.241 e. The Labute approximate surface area is 149 Å². The van der Waals surface area contributed by atoms with Crippen molar-refractivity contribution in [3.8, 4) is 0 Å². The Kier molecular flexibility index (Phi) is 6.77. The van der Waals surface area contributed by atoms with Crippen molar-refractivity contribution in [3.05, 3.63) is 24.3 Å². The minimum Gasteiger partial charge on any atom is -0.329 e. The molecule has 128 valence electrons. The van der Waals surface area contributed by atoms with Gasteiger partial charge in [0.15, 0.2) is 0 Å². The predicted molar refractivity (Wildman–Crippen MR) is 99.6 cm³/mol. The van der Waals surface area contributed by atoms with Gasteiger partial charge in [-0.25, -0.2) is 0 Å². The quantitative estimate of drug-likeness (QED) is 0.905. The van der Waals surface area contributed by atoms with E-state index in [1.54, 1.807) is 0 Å². The summed E-state index contributed by atoms with van der Waals surface area (Å²) in [6, 6.07) is 8.55. The lowest BCUT2D eigenvalue weighted by Gasteiger charge is -2.39. The van der Waals surface area contributed by atoms with E-state index in [1.165, 1.54) is 4.90 Å². The molecule has 6 heteroatoms. The van der Waals surface area contributed by atoms with Crippen LogP contribution in [0, 0.1) is 5.92 Å². The maximum atomic E-state index is 12.8. The number of benzene rings is 1. The van der Waals surface area contributed by atoms with E-state index in [0.29, 0.717) is 25.0 Å². The van der Waals surface area contributed by atoms with E-state index in [4.69, 9.17) is 5.73 Å². The third-order valence-corrected chi connectivity index (χ3v) is 5.78. The van der Waals surface area contributed by atoms with Crippen LogP contribution in [0.2, 0.25) is 0 Å². The SMILES string of the molecule is CC1CCN(CC(=O)N2CCSc3ccccc32)C(CN)C1.Cl. The van der Waals surface area contributed by atoms with Gasteiger partial charge in [0, 0.05) is 29.8 Å². The number of anilines is 1. The Bertz CT molecular complexity index is 542. The van der Waals surface area contributed by atoms with Gasteiger partial charge in [0.1, 0.15) is 0 Å². The number of nitrogens with zero attached hydrogens (tertiary/aromatic N) is 2. The highest BCUT2D eigenvalue weighted by atomic mass is 35.5. The number of likely N-dealkylation sites (tertiary alicyclic amines) is 1. The third-order valence-electron chi connectivity index (χ3n) is 4.74. The van der Waals surface area contributed by atoms with Gasteiger partial charge in [0.05, 0.1) is 12.2 Å². The van der Waals surface area contributed by atoms with Gasteiger partial charge in [0.2, 0.25) is 5.91 Å². The molecule has 2 heterocycles. The Morgan fingerprint density at radius 3 is 2.91 bits per heavy atom. The molecule has 0 spiro atoms. The van der Waals surface area contributed by atoms with Crippen LogP contribution in [0.5, 0.6) is 0 Å². The van der Waals surface area contributed by atoms with Gasteiger partial charge in [0.25, 0.3) is 0 Å². The summed E-state index contributed by atoms with van der Waals surface area (Å²) >= 11 is 1.83. The zero-order chi connectivity index (χ0) is 15.5. The number of hydrogen-bond acceptors (Lipinski definition) is 4. The Morgan fingerprint density at radius 2 is 2.13 bits per heavy atom. The average Bonchev–Trinajstić information content (AvgIpc) is 2.55. The van der Waals surface area contributed by atoms with Crippen molar-refractivity contribution in [3.63, 3.8) is 0 Å². The number of hydrogen-bond donors (Lipinski definition) is 1. The highest BCUT2D eigenvalue weighted by Gasteiger charge is 2.29. The van der Waals surface area contributed by atoms with Crippen LogP contribution >= 0.6 is 24.2 Å². The van der Waals surface area contributed by atoms with E-state index < -0.39 is 0 Å². The summed E-state index contributed by atoms with van der Waals surface area (Å²) in [6.07, 6.45) is 2.27. The van der Waals surface area contributed by atoms with Crippen LogP contribution < -0.4 is 10.6 Å². The van der Waals surface area contributed by atoms with Crippen LogP contribution in [0.3, 0.4) is 0 Å². The lowest BCUT2D eigenvalue weighted by molar-refractivity contribution is -0.120. The summed E-state index contributed by atoms with van der Waals surface area (Å²) in [4.78, 5) is 18.3. The van der Waals surface area contributed by atoms with E-state index in [0.717, 1.165) is 37.4 Å². The minimum absolute atomic E-state index is 0. The second kappa shape index (κ2) is 8.38. The monoisotopic (exact) mass is 355 g/mol. The van der Waals surface area contributed by atoms with Crippen LogP contribution in [0.4, 0.5) is 5.69 Å². The molecule has 2 aliphatic rings. The van der Waals surface area contributed by atoms with Gasteiger partial charge < -0.3 is 10.6 Å². The van der Waals surface area contributed by atoms with Crippen molar-refractivity contribution in [2.75, 3.05) is 36.8 Å². The number of rotatable bonds is 3. The molecule has 1 saturated heterocycles. The first-order valence-electron chi connectivity index (χ1n) is 8.15. The van der Waals surface area contributed by atoms with Gasteiger partial charge in [-0.2, -0.15) is 0 Å². The molecule has 1 amide bonds. The summed E-state index contributed by atoms with van der Waals surface area (Å²) in [5.41, 5.74) is 6.98. The van der Waals surface area contributed by atoms with Crippen LogP contribution in [-0.4, -0.2) is 48.8 Å². The predicted octanol–water partition coefficient (Wildman–Crippen LogP) is 2.61. The fourth-order valence-corrected chi connectivity index (χ4v) is 4.44. The summed E-state index contributed by atoms with van der Waals surface area (Å²) in [6.45, 7) is 5.20. The largest absolute Gasteiger partial charge is 0.329 e. The summed E-state index contributed by atoms with van der Waals surface area (Å²) in [5, 5.41) is 0. The van der Waals surface area contributed by atoms with E-state index in [2.05, 4.69) is 24.0 Å². The maximum absolute atomic E-state index is 12.8. The zero-order valence-corrected chi connectivity index (χ0v) is 15.2. The topological polar surface area (TPSA) is 49.6 Å². The molecule has 2 N–H and O–H groups in total. The molecule has 1 fully saturated rings. The van der Waals surface area contributed by atoms with Gasteiger partial charge in [-0.1, -0.05) is 19.1 Å². The number of nitrogens with two attached hydrogens (primary N) is 1. The number of fused-ring (bicyclic) bond motifs is 1. The fraction of sp³-hybridized carbons (Fsp3) is 0.588. The molecule has 0 saturated carbocycles. The van der Waals surface area contributed by atoms with E-state index >= 15 is 0 Å². The first-order valence-corrected chi connectivity index (χ1v) is 9.14. The third kappa shape index (κ3) is 4.21. The lowest BCUT2D eigenvalue weighted by Crippen LogP contribution is -2.51. The first kappa shape index (κ1) is 18.6. The van der Waals surface area contributed by atoms with E-state index in [-0.39, 0.29) is 18.3 Å². The van der Waals surface area contributed by atoms with Crippen molar-refractivity contribution < 1.29 is 4.79 Å². The normalized spacial score (nSPS) is 24.7. The second-order valence-corrected chi connectivity index (χ2v) is 7.49. The molecule has 2 atom stereocenters. The number of piperidine rings is 1. The Morgan fingerprint density at radius 1 is 1.35 bits per heavy atom. The molecule has 0 aromatic heterocycles. The van der Waals surface area contributed by atoms with Gasteiger partial charge >= 0.3 is 0 Å². The van der Waals surface area contributed by atoms with Crippen LogP contribution in [0.15, 0.2) is 29.2 Å². The number of carbonyl (C=O) groups excluding carboxylic acids is 1. The summed E-state index contributed by atoms with van der Waals surface area (Å²) in [7, 11) is 0. The molecule has 1 aromatic rings. The van der Waals surface area contributed by atoms with Crippen molar-refractivity contribution in [1.29, 1.82) is 0 Å². The summed E-state index contributed by atoms with van der Waals surface area (Å²) in [5.74, 6) is 1.90.